The molecule has 0 radical (unpaired) electrons. The van der Waals surface area contributed by atoms with Gasteiger partial charge in [-0.25, -0.2) is 8.42 Å². The maximum atomic E-state index is 11.6. The Balaban J connectivity index is 0. The molecule has 0 aromatic rings. The maximum absolute atomic E-state index is 11.6. The molecule has 0 aromatic carbocycles. The van der Waals surface area contributed by atoms with Crippen molar-refractivity contribution in [2.24, 2.45) is 5.73 Å². The number of sulfone groups is 1. The molecule has 8 heteroatoms. The van der Waals surface area contributed by atoms with E-state index in [1.807, 2.05) is 0 Å². The van der Waals surface area contributed by atoms with Crippen molar-refractivity contribution in [3.05, 3.63) is 0 Å². The molecule has 0 aliphatic rings. The summed E-state index contributed by atoms with van der Waals surface area (Å²) < 4.78 is 55.4. The van der Waals surface area contributed by atoms with Crippen molar-refractivity contribution in [1.82, 2.24) is 0 Å². The van der Waals surface area contributed by atoms with E-state index in [4.69, 9.17) is 0 Å². The second-order valence-electron chi connectivity index (χ2n) is 2.24. The molecule has 0 aliphatic carbocycles. The molecular formula is C4H9ClF3NO2S. The topological polar surface area (TPSA) is 60.2 Å². The first-order valence-electron chi connectivity index (χ1n) is 2.63. The van der Waals surface area contributed by atoms with Gasteiger partial charge in [-0.3, -0.25) is 0 Å². The Hall–Kier alpha value is -0.0100. The maximum Gasteiger partial charge on any atom is 0.404 e. The minimum Gasteiger partial charge on any atom is -0.319 e. The summed E-state index contributed by atoms with van der Waals surface area (Å²) in [7, 11) is -3.65. The normalized spacial score (nSPS) is 15.1. The summed E-state index contributed by atoms with van der Waals surface area (Å²) in [6, 6.07) is -2.28. The summed E-state index contributed by atoms with van der Waals surface area (Å²) in [5.74, 6) is -1.06. The molecule has 0 rings (SSSR count). The number of halogens is 4. The van der Waals surface area contributed by atoms with Crippen LogP contribution in [0.5, 0.6) is 0 Å². The zero-order valence-electron chi connectivity index (χ0n) is 6.13. The van der Waals surface area contributed by atoms with Crippen LogP contribution in [0.15, 0.2) is 0 Å². The van der Waals surface area contributed by atoms with Crippen molar-refractivity contribution in [2.75, 3.05) is 12.0 Å². The molecule has 0 aliphatic heterocycles. The number of hydrogen-bond donors (Lipinski definition) is 1. The number of rotatable bonds is 2. The predicted molar refractivity (Wildman–Crippen MR) is 41.0 cm³/mol. The lowest BCUT2D eigenvalue weighted by atomic mass is 10.4. The fourth-order valence-electron chi connectivity index (χ4n) is 0.421. The van der Waals surface area contributed by atoms with Crippen LogP contribution in [-0.4, -0.2) is 32.6 Å². The van der Waals surface area contributed by atoms with Crippen molar-refractivity contribution < 1.29 is 21.6 Å². The molecule has 1 atom stereocenters. The Morgan fingerprint density at radius 1 is 1.42 bits per heavy atom. The molecule has 0 saturated carbocycles. The van der Waals surface area contributed by atoms with Crippen molar-refractivity contribution in [3.63, 3.8) is 0 Å². The van der Waals surface area contributed by atoms with Gasteiger partial charge in [-0.1, -0.05) is 0 Å². The highest BCUT2D eigenvalue weighted by atomic mass is 35.5. The van der Waals surface area contributed by atoms with Crippen LogP contribution in [0.1, 0.15) is 0 Å². The van der Waals surface area contributed by atoms with Gasteiger partial charge >= 0.3 is 6.18 Å². The second kappa shape index (κ2) is 4.29. The quantitative estimate of drug-likeness (QED) is 0.740. The molecule has 0 spiro atoms. The Morgan fingerprint density at radius 2 is 1.75 bits per heavy atom. The van der Waals surface area contributed by atoms with Crippen LogP contribution in [0.25, 0.3) is 0 Å². The molecule has 0 aromatic heterocycles. The van der Waals surface area contributed by atoms with E-state index in [2.05, 4.69) is 5.73 Å². The molecule has 2 N–H and O–H groups in total. The highest BCUT2D eigenvalue weighted by Gasteiger charge is 2.38. The summed E-state index contributed by atoms with van der Waals surface area (Å²) in [4.78, 5) is 0. The molecule has 0 saturated heterocycles. The van der Waals surface area contributed by atoms with Crippen molar-refractivity contribution in [1.29, 1.82) is 0 Å². The second-order valence-corrected chi connectivity index (χ2v) is 4.43. The average Bonchev–Trinajstić information content (AvgIpc) is 1.56. The Morgan fingerprint density at radius 3 is 1.83 bits per heavy atom. The van der Waals surface area contributed by atoms with Crippen molar-refractivity contribution in [3.8, 4) is 0 Å². The molecule has 3 nitrogen and oxygen atoms in total. The summed E-state index contributed by atoms with van der Waals surface area (Å²) in [6.07, 6.45) is -3.93. The van der Waals surface area contributed by atoms with Gasteiger partial charge in [-0.05, 0) is 0 Å². The summed E-state index contributed by atoms with van der Waals surface area (Å²) in [5, 5.41) is 0. The van der Waals surface area contributed by atoms with Crippen LogP contribution in [0.3, 0.4) is 0 Å². The van der Waals surface area contributed by atoms with Crippen LogP contribution in [0.4, 0.5) is 13.2 Å². The van der Waals surface area contributed by atoms with E-state index in [1.54, 1.807) is 0 Å². The third kappa shape index (κ3) is 6.68. The molecule has 12 heavy (non-hydrogen) atoms. The fourth-order valence-corrected chi connectivity index (χ4v) is 1.26. The number of nitrogens with two attached hydrogens (primary N) is 1. The van der Waals surface area contributed by atoms with Gasteiger partial charge in [-0.15, -0.1) is 12.4 Å². The molecule has 0 bridgehead atoms. The largest absolute Gasteiger partial charge is 0.404 e. The molecule has 0 fully saturated rings. The van der Waals surface area contributed by atoms with Crippen LogP contribution < -0.4 is 5.73 Å². The van der Waals surface area contributed by atoms with Crippen molar-refractivity contribution >= 4 is 22.2 Å². The first-order valence-corrected chi connectivity index (χ1v) is 4.69. The zero-order valence-corrected chi connectivity index (χ0v) is 7.76. The number of hydrogen-bond acceptors (Lipinski definition) is 3. The smallest absolute Gasteiger partial charge is 0.319 e. The van der Waals surface area contributed by atoms with E-state index >= 15 is 0 Å². The first-order chi connectivity index (χ1) is 4.63. The third-order valence-electron chi connectivity index (χ3n) is 0.903. The lowest BCUT2D eigenvalue weighted by molar-refractivity contribution is -0.142. The lowest BCUT2D eigenvalue weighted by Crippen LogP contribution is -2.42. The average molecular weight is 228 g/mol. The molecule has 0 amide bonds. The summed E-state index contributed by atoms with van der Waals surface area (Å²) in [5.41, 5.74) is 4.53. The van der Waals surface area contributed by atoms with E-state index in [0.717, 1.165) is 0 Å². The Labute approximate surface area is 74.4 Å². The predicted octanol–water partition coefficient (Wildman–Crippen LogP) is 0.342. The van der Waals surface area contributed by atoms with Gasteiger partial charge in [0.2, 0.25) is 0 Å². The minimum absolute atomic E-state index is 0. The van der Waals surface area contributed by atoms with E-state index in [0.29, 0.717) is 6.26 Å². The highest BCUT2D eigenvalue weighted by Crippen LogP contribution is 2.19. The number of alkyl halides is 3. The lowest BCUT2D eigenvalue weighted by Gasteiger charge is -2.13. The standard InChI is InChI=1S/C4H8F3NO2S.ClH/c1-11(9,10)2-3(8)4(5,6)7;/h3H,2,8H2,1H3;1H/t3-;/m0./s1. The first kappa shape index (κ1) is 14.5. The monoisotopic (exact) mass is 227 g/mol. The third-order valence-corrected chi connectivity index (χ3v) is 1.87. The van der Waals surface area contributed by atoms with Crippen LogP contribution >= 0.6 is 12.4 Å². The molecule has 76 valence electrons. The molecular weight excluding hydrogens is 219 g/mol. The zero-order chi connectivity index (χ0) is 9.28. The van der Waals surface area contributed by atoms with Crippen LogP contribution in [0.2, 0.25) is 0 Å². The van der Waals surface area contributed by atoms with E-state index in [-0.39, 0.29) is 12.4 Å². The van der Waals surface area contributed by atoms with Gasteiger partial charge in [0.1, 0.15) is 15.9 Å². The van der Waals surface area contributed by atoms with Crippen molar-refractivity contribution in [2.45, 2.75) is 12.2 Å². The minimum atomic E-state index is -4.64. The van der Waals surface area contributed by atoms with Crippen LogP contribution in [-0.2, 0) is 9.84 Å². The van der Waals surface area contributed by atoms with E-state index in [9.17, 15) is 21.6 Å². The van der Waals surface area contributed by atoms with Gasteiger partial charge in [0.15, 0.2) is 0 Å². The van der Waals surface area contributed by atoms with Crippen LogP contribution in [0, 0.1) is 0 Å². The van der Waals surface area contributed by atoms with Gasteiger partial charge in [-0.2, -0.15) is 13.2 Å². The van der Waals surface area contributed by atoms with Gasteiger partial charge in [0.05, 0.1) is 5.75 Å². The van der Waals surface area contributed by atoms with Gasteiger partial charge in [0.25, 0.3) is 0 Å². The van der Waals surface area contributed by atoms with E-state index < -0.39 is 27.8 Å². The molecule has 0 heterocycles. The fraction of sp³-hybridized carbons (Fsp3) is 1.00. The Bertz CT molecular complexity index is 225. The molecule has 0 unspecified atom stereocenters. The van der Waals surface area contributed by atoms with Gasteiger partial charge < -0.3 is 5.73 Å². The SMILES string of the molecule is CS(=O)(=O)C[C@H](N)C(F)(F)F.Cl. The highest BCUT2D eigenvalue weighted by molar-refractivity contribution is 7.90. The summed E-state index contributed by atoms with van der Waals surface area (Å²) in [6.45, 7) is 0. The summed E-state index contributed by atoms with van der Waals surface area (Å²) >= 11 is 0. The Kier molecular flexibility index (Phi) is 5.19. The van der Waals surface area contributed by atoms with Gasteiger partial charge in [0, 0.05) is 6.26 Å². The van der Waals surface area contributed by atoms with E-state index in [1.165, 1.54) is 0 Å².